The molecule has 2 N–H and O–H groups in total. The lowest BCUT2D eigenvalue weighted by Crippen LogP contribution is -2.48. The molecule has 2 aromatic rings. The topological polar surface area (TPSA) is 81.3 Å². The van der Waals surface area contributed by atoms with E-state index in [0.29, 0.717) is 47.4 Å². The number of aromatic nitrogens is 2. The van der Waals surface area contributed by atoms with Gasteiger partial charge in [0, 0.05) is 18.6 Å². The van der Waals surface area contributed by atoms with E-state index in [2.05, 4.69) is 38.0 Å². The molecule has 6 nitrogen and oxygen atoms in total. The van der Waals surface area contributed by atoms with Crippen LogP contribution in [-0.2, 0) is 6.54 Å². The molecule has 1 aliphatic rings. The van der Waals surface area contributed by atoms with Crippen LogP contribution in [0, 0.1) is 0 Å². The van der Waals surface area contributed by atoms with Gasteiger partial charge in [-0.05, 0) is 47.8 Å². The summed E-state index contributed by atoms with van der Waals surface area (Å²) in [5, 5.41) is 8.18. The molecule has 21 heavy (non-hydrogen) atoms. The molecule has 0 radical (unpaired) electrons. The second kappa shape index (κ2) is 6.29. The van der Waals surface area contributed by atoms with Crippen LogP contribution >= 0.6 is 15.9 Å². The summed E-state index contributed by atoms with van der Waals surface area (Å²) >= 11 is 3.26. The molecule has 2 aromatic heterocycles. The van der Waals surface area contributed by atoms with Gasteiger partial charge in [-0.3, -0.25) is 4.90 Å². The van der Waals surface area contributed by atoms with Gasteiger partial charge in [-0.15, -0.1) is 10.2 Å². The van der Waals surface area contributed by atoms with Crippen LogP contribution < -0.4 is 5.73 Å². The quantitative estimate of drug-likeness (QED) is 0.908. The van der Waals surface area contributed by atoms with E-state index in [4.69, 9.17) is 14.6 Å². The smallest absolute Gasteiger partial charge is 0.283 e. The van der Waals surface area contributed by atoms with Crippen molar-refractivity contribution >= 4 is 15.9 Å². The lowest BCUT2D eigenvalue weighted by atomic mass is 9.96. The Kier molecular flexibility index (Phi) is 4.42. The second-order valence-corrected chi connectivity index (χ2v) is 6.23. The normalized spacial score (nSPS) is 23.6. The highest BCUT2D eigenvalue weighted by atomic mass is 79.9. The van der Waals surface area contributed by atoms with Crippen molar-refractivity contribution in [2.75, 3.05) is 6.54 Å². The fourth-order valence-corrected chi connectivity index (χ4v) is 3.19. The van der Waals surface area contributed by atoms with Gasteiger partial charge in [0.2, 0.25) is 5.89 Å². The first-order chi connectivity index (χ1) is 10.2. The van der Waals surface area contributed by atoms with E-state index in [1.54, 1.807) is 12.1 Å². The Labute approximate surface area is 131 Å². The van der Waals surface area contributed by atoms with Crippen molar-refractivity contribution in [1.29, 1.82) is 0 Å². The number of piperidine rings is 1. The van der Waals surface area contributed by atoms with Crippen molar-refractivity contribution < 1.29 is 8.83 Å². The largest absolute Gasteiger partial charge is 0.444 e. The maximum absolute atomic E-state index is 5.88. The zero-order valence-electron chi connectivity index (χ0n) is 12.0. The summed E-state index contributed by atoms with van der Waals surface area (Å²) in [4.78, 5) is 2.36. The van der Waals surface area contributed by atoms with E-state index < -0.39 is 0 Å². The highest BCUT2D eigenvalue weighted by Crippen LogP contribution is 2.27. The Morgan fingerprint density at radius 1 is 1.33 bits per heavy atom. The first-order valence-electron chi connectivity index (χ1n) is 7.21. The summed E-state index contributed by atoms with van der Waals surface area (Å²) < 4.78 is 11.8. The summed E-state index contributed by atoms with van der Waals surface area (Å²) in [7, 11) is 0. The Morgan fingerprint density at radius 3 is 2.90 bits per heavy atom. The number of halogens is 1. The van der Waals surface area contributed by atoms with Crippen LogP contribution in [0.25, 0.3) is 11.7 Å². The van der Waals surface area contributed by atoms with E-state index >= 15 is 0 Å². The highest BCUT2D eigenvalue weighted by molar-refractivity contribution is 9.10. The van der Waals surface area contributed by atoms with Gasteiger partial charge in [0.25, 0.3) is 5.89 Å². The zero-order chi connectivity index (χ0) is 14.8. The van der Waals surface area contributed by atoms with E-state index in [0.717, 1.165) is 6.42 Å². The minimum atomic E-state index is 0.391. The molecule has 1 aliphatic heterocycles. The average molecular weight is 355 g/mol. The van der Waals surface area contributed by atoms with Crippen molar-refractivity contribution in [3.05, 3.63) is 22.7 Å². The standard InChI is InChI=1S/C14H19BrN4O2/c1-9-3-2-4-10(7-16)19(9)8-13-17-18-14(21-13)11-5-6-12(15)20-11/h5-6,9-10H,2-4,7-8,16H2,1H3. The Balaban J connectivity index is 1.74. The maximum Gasteiger partial charge on any atom is 0.283 e. The number of likely N-dealkylation sites (tertiary alicyclic amines) is 1. The monoisotopic (exact) mass is 354 g/mol. The fourth-order valence-electron chi connectivity index (χ4n) is 2.88. The van der Waals surface area contributed by atoms with Crippen LogP contribution in [0.4, 0.5) is 0 Å². The molecule has 0 spiro atoms. The average Bonchev–Trinajstić information content (AvgIpc) is 3.10. The molecule has 2 atom stereocenters. The van der Waals surface area contributed by atoms with Crippen LogP contribution in [0.3, 0.4) is 0 Å². The Hall–Kier alpha value is -1.18. The van der Waals surface area contributed by atoms with Gasteiger partial charge in [-0.2, -0.15) is 0 Å². The molecule has 3 heterocycles. The predicted octanol–water partition coefficient (Wildman–Crippen LogP) is 2.79. The number of rotatable bonds is 4. The predicted molar refractivity (Wildman–Crippen MR) is 81.4 cm³/mol. The molecular weight excluding hydrogens is 336 g/mol. The zero-order valence-corrected chi connectivity index (χ0v) is 13.5. The van der Waals surface area contributed by atoms with E-state index in [-0.39, 0.29) is 0 Å². The summed E-state index contributed by atoms with van der Waals surface area (Å²) in [6.07, 6.45) is 3.55. The summed E-state index contributed by atoms with van der Waals surface area (Å²) in [5.74, 6) is 1.58. The molecule has 1 saturated heterocycles. The lowest BCUT2D eigenvalue weighted by Gasteiger charge is -2.39. The van der Waals surface area contributed by atoms with Gasteiger partial charge in [0.05, 0.1) is 6.54 Å². The molecule has 2 unspecified atom stereocenters. The number of hydrogen-bond acceptors (Lipinski definition) is 6. The van der Waals surface area contributed by atoms with Crippen molar-refractivity contribution in [3.8, 4) is 11.7 Å². The molecule has 3 rings (SSSR count). The third-order valence-electron chi connectivity index (χ3n) is 4.04. The number of nitrogens with zero attached hydrogens (tertiary/aromatic N) is 3. The number of furan rings is 1. The van der Waals surface area contributed by atoms with Crippen molar-refractivity contribution in [2.24, 2.45) is 5.73 Å². The molecule has 0 saturated carbocycles. The molecule has 1 fully saturated rings. The van der Waals surface area contributed by atoms with Crippen molar-refractivity contribution in [1.82, 2.24) is 15.1 Å². The van der Waals surface area contributed by atoms with E-state index in [1.165, 1.54) is 12.8 Å². The Bertz CT molecular complexity index is 597. The molecule has 0 aliphatic carbocycles. The minimum Gasteiger partial charge on any atom is -0.444 e. The fraction of sp³-hybridized carbons (Fsp3) is 0.571. The van der Waals surface area contributed by atoms with Crippen molar-refractivity contribution in [3.63, 3.8) is 0 Å². The van der Waals surface area contributed by atoms with E-state index in [1.807, 2.05) is 0 Å². The SMILES string of the molecule is CC1CCCC(CN)N1Cc1nnc(-c2ccc(Br)o2)o1. The molecule has 0 aromatic carbocycles. The van der Waals surface area contributed by atoms with Crippen LogP contribution in [0.5, 0.6) is 0 Å². The number of hydrogen-bond donors (Lipinski definition) is 1. The summed E-state index contributed by atoms with van der Waals surface area (Å²) in [6.45, 7) is 3.52. The molecular formula is C14H19BrN4O2. The molecule has 114 valence electrons. The van der Waals surface area contributed by atoms with Gasteiger partial charge >= 0.3 is 0 Å². The van der Waals surface area contributed by atoms with Gasteiger partial charge in [0.15, 0.2) is 10.4 Å². The highest BCUT2D eigenvalue weighted by Gasteiger charge is 2.28. The Morgan fingerprint density at radius 2 is 2.19 bits per heavy atom. The van der Waals surface area contributed by atoms with Crippen LogP contribution in [0.2, 0.25) is 0 Å². The first kappa shape index (κ1) is 14.7. The maximum atomic E-state index is 5.88. The van der Waals surface area contributed by atoms with Gasteiger partial charge in [-0.1, -0.05) is 6.42 Å². The third kappa shape index (κ3) is 3.20. The van der Waals surface area contributed by atoms with Crippen molar-refractivity contribution in [2.45, 2.75) is 44.8 Å². The minimum absolute atomic E-state index is 0.391. The lowest BCUT2D eigenvalue weighted by molar-refractivity contribution is 0.0796. The summed E-state index contributed by atoms with van der Waals surface area (Å²) in [5.41, 5.74) is 5.88. The third-order valence-corrected chi connectivity index (χ3v) is 4.46. The summed E-state index contributed by atoms with van der Waals surface area (Å²) in [6, 6.07) is 4.48. The van der Waals surface area contributed by atoms with Gasteiger partial charge < -0.3 is 14.6 Å². The first-order valence-corrected chi connectivity index (χ1v) is 8.00. The van der Waals surface area contributed by atoms with Gasteiger partial charge in [-0.25, -0.2) is 0 Å². The van der Waals surface area contributed by atoms with Crippen LogP contribution in [-0.4, -0.2) is 33.7 Å². The molecule has 7 heteroatoms. The van der Waals surface area contributed by atoms with E-state index in [9.17, 15) is 0 Å². The molecule has 0 amide bonds. The van der Waals surface area contributed by atoms with Crippen LogP contribution in [0.15, 0.2) is 25.6 Å². The second-order valence-electron chi connectivity index (χ2n) is 5.45. The number of nitrogens with two attached hydrogens (primary N) is 1. The van der Waals surface area contributed by atoms with Gasteiger partial charge in [0.1, 0.15) is 0 Å². The molecule has 0 bridgehead atoms. The van der Waals surface area contributed by atoms with Crippen LogP contribution in [0.1, 0.15) is 32.1 Å².